The molecule has 0 aromatic heterocycles. The standard InChI is InChI=1S/C27H31NO3/c28-25-16-24(20-29-17-21-10-4-1-5-11-21)26(30-18-22-12-6-2-7-13-22)27(25)31-19-23-14-8-3-9-15-23/h1-15,24-27H,16-20,28H2/t24-,25-,26+,27?/m1/s1. The van der Waals surface area contributed by atoms with Gasteiger partial charge >= 0.3 is 0 Å². The van der Waals surface area contributed by atoms with Crippen LogP contribution in [0.2, 0.25) is 0 Å². The second-order valence-electron chi connectivity index (χ2n) is 8.18. The van der Waals surface area contributed by atoms with E-state index in [0.717, 1.165) is 17.5 Å². The fourth-order valence-electron chi connectivity index (χ4n) is 4.18. The summed E-state index contributed by atoms with van der Waals surface area (Å²) in [6.45, 7) is 2.27. The van der Waals surface area contributed by atoms with E-state index < -0.39 is 0 Å². The van der Waals surface area contributed by atoms with Crippen LogP contribution in [0, 0.1) is 5.92 Å². The van der Waals surface area contributed by atoms with Gasteiger partial charge in [0.25, 0.3) is 0 Å². The lowest BCUT2D eigenvalue weighted by Gasteiger charge is -2.26. The minimum absolute atomic E-state index is 0.0742. The van der Waals surface area contributed by atoms with Crippen molar-refractivity contribution in [2.24, 2.45) is 11.7 Å². The molecule has 4 heteroatoms. The van der Waals surface area contributed by atoms with Crippen LogP contribution in [0.25, 0.3) is 0 Å². The fourth-order valence-corrected chi connectivity index (χ4v) is 4.18. The molecule has 4 rings (SSSR count). The maximum Gasteiger partial charge on any atom is 0.0995 e. The molecule has 3 aromatic rings. The fraction of sp³-hybridized carbons (Fsp3) is 0.333. The number of ether oxygens (including phenoxy) is 3. The van der Waals surface area contributed by atoms with Crippen LogP contribution >= 0.6 is 0 Å². The number of nitrogens with two attached hydrogens (primary N) is 1. The largest absolute Gasteiger partial charge is 0.376 e. The first-order valence-corrected chi connectivity index (χ1v) is 11.0. The van der Waals surface area contributed by atoms with Gasteiger partial charge in [-0.15, -0.1) is 0 Å². The quantitative estimate of drug-likeness (QED) is 0.519. The van der Waals surface area contributed by atoms with Gasteiger partial charge in [-0.05, 0) is 23.1 Å². The van der Waals surface area contributed by atoms with Gasteiger partial charge in [-0.3, -0.25) is 0 Å². The molecule has 3 aromatic carbocycles. The van der Waals surface area contributed by atoms with Crippen molar-refractivity contribution in [2.45, 2.75) is 44.5 Å². The third-order valence-corrected chi connectivity index (χ3v) is 5.80. The monoisotopic (exact) mass is 417 g/mol. The van der Waals surface area contributed by atoms with Crippen molar-refractivity contribution < 1.29 is 14.2 Å². The predicted octanol–water partition coefficient (Wildman–Crippen LogP) is 4.72. The number of hydrogen-bond acceptors (Lipinski definition) is 4. The highest BCUT2D eigenvalue weighted by Gasteiger charge is 2.43. The van der Waals surface area contributed by atoms with Gasteiger partial charge in [0.15, 0.2) is 0 Å². The van der Waals surface area contributed by atoms with E-state index in [2.05, 4.69) is 36.4 Å². The van der Waals surface area contributed by atoms with Crippen LogP contribution in [-0.4, -0.2) is 24.9 Å². The Morgan fingerprint density at radius 2 is 1.06 bits per heavy atom. The molecule has 1 fully saturated rings. The summed E-state index contributed by atoms with van der Waals surface area (Å²) in [6.07, 6.45) is 0.567. The van der Waals surface area contributed by atoms with Crippen LogP contribution in [0.15, 0.2) is 91.0 Å². The molecule has 1 unspecified atom stereocenters. The van der Waals surface area contributed by atoms with Crippen molar-refractivity contribution in [3.8, 4) is 0 Å². The van der Waals surface area contributed by atoms with Gasteiger partial charge in [-0.1, -0.05) is 91.0 Å². The Balaban J connectivity index is 1.39. The minimum atomic E-state index is -0.158. The molecule has 4 nitrogen and oxygen atoms in total. The van der Waals surface area contributed by atoms with Crippen molar-refractivity contribution in [3.05, 3.63) is 108 Å². The maximum atomic E-state index is 6.52. The van der Waals surface area contributed by atoms with Gasteiger partial charge in [0.1, 0.15) is 0 Å². The minimum Gasteiger partial charge on any atom is -0.376 e. The van der Waals surface area contributed by atoms with E-state index in [1.807, 2.05) is 54.6 Å². The summed E-state index contributed by atoms with van der Waals surface area (Å²) in [5, 5.41) is 0. The molecule has 0 amide bonds. The summed E-state index contributed by atoms with van der Waals surface area (Å²) >= 11 is 0. The number of rotatable bonds is 10. The highest BCUT2D eigenvalue weighted by Crippen LogP contribution is 2.32. The van der Waals surface area contributed by atoms with Crippen LogP contribution in [0.5, 0.6) is 0 Å². The smallest absolute Gasteiger partial charge is 0.0995 e. The van der Waals surface area contributed by atoms with Crippen LogP contribution in [0.3, 0.4) is 0 Å². The zero-order chi connectivity index (χ0) is 21.3. The Bertz CT molecular complexity index is 888. The van der Waals surface area contributed by atoms with Crippen LogP contribution in [0.1, 0.15) is 23.1 Å². The molecule has 0 heterocycles. The Kier molecular flexibility index (Phi) is 7.86. The van der Waals surface area contributed by atoms with Crippen LogP contribution < -0.4 is 5.73 Å². The molecule has 1 aliphatic rings. The summed E-state index contributed by atoms with van der Waals surface area (Å²) in [6, 6.07) is 30.6. The molecule has 0 radical (unpaired) electrons. The molecule has 0 saturated heterocycles. The maximum absolute atomic E-state index is 6.52. The molecule has 0 bridgehead atoms. The van der Waals surface area contributed by atoms with Crippen molar-refractivity contribution in [1.29, 1.82) is 0 Å². The third-order valence-electron chi connectivity index (χ3n) is 5.80. The summed E-state index contributed by atoms with van der Waals surface area (Å²) < 4.78 is 18.7. The van der Waals surface area contributed by atoms with Crippen molar-refractivity contribution in [1.82, 2.24) is 0 Å². The van der Waals surface area contributed by atoms with E-state index >= 15 is 0 Å². The molecule has 4 atom stereocenters. The summed E-state index contributed by atoms with van der Waals surface area (Å²) in [7, 11) is 0. The van der Waals surface area contributed by atoms with E-state index in [9.17, 15) is 0 Å². The first kappa shape index (κ1) is 21.7. The van der Waals surface area contributed by atoms with Gasteiger partial charge in [0.2, 0.25) is 0 Å². The van der Waals surface area contributed by atoms with E-state index in [-0.39, 0.29) is 24.2 Å². The lowest BCUT2D eigenvalue weighted by Crippen LogP contribution is -2.40. The van der Waals surface area contributed by atoms with Gasteiger partial charge < -0.3 is 19.9 Å². The topological polar surface area (TPSA) is 53.7 Å². The summed E-state index contributed by atoms with van der Waals surface area (Å²) in [5.74, 6) is 0.197. The highest BCUT2D eigenvalue weighted by atomic mass is 16.5. The van der Waals surface area contributed by atoms with Gasteiger partial charge in [0, 0.05) is 12.0 Å². The lowest BCUT2D eigenvalue weighted by atomic mass is 10.1. The summed E-state index contributed by atoms with van der Waals surface area (Å²) in [5.41, 5.74) is 9.97. The Morgan fingerprint density at radius 1 is 0.613 bits per heavy atom. The SMILES string of the molecule is N[C@@H]1C[C@H](COCc2ccccc2)[C@H](OCc2ccccc2)C1OCc1ccccc1. The summed E-state index contributed by atoms with van der Waals surface area (Å²) in [4.78, 5) is 0. The van der Waals surface area contributed by atoms with E-state index in [4.69, 9.17) is 19.9 Å². The molecule has 2 N–H and O–H groups in total. The van der Waals surface area contributed by atoms with E-state index in [1.165, 1.54) is 5.56 Å². The Morgan fingerprint density at radius 3 is 1.58 bits per heavy atom. The normalized spacial score (nSPS) is 23.1. The second-order valence-corrected chi connectivity index (χ2v) is 8.18. The number of hydrogen-bond donors (Lipinski definition) is 1. The second kappa shape index (κ2) is 11.2. The molecule has 0 aliphatic heterocycles. The Labute approximate surface area is 185 Å². The van der Waals surface area contributed by atoms with Crippen molar-refractivity contribution >= 4 is 0 Å². The van der Waals surface area contributed by atoms with Crippen LogP contribution in [0.4, 0.5) is 0 Å². The first-order chi connectivity index (χ1) is 15.3. The molecular weight excluding hydrogens is 386 g/mol. The molecule has 0 spiro atoms. The predicted molar refractivity (Wildman–Crippen MR) is 122 cm³/mol. The zero-order valence-corrected chi connectivity index (χ0v) is 17.8. The lowest BCUT2D eigenvalue weighted by molar-refractivity contribution is -0.0976. The Hall–Kier alpha value is -2.50. The number of benzene rings is 3. The first-order valence-electron chi connectivity index (χ1n) is 11.0. The molecule has 162 valence electrons. The van der Waals surface area contributed by atoms with Crippen molar-refractivity contribution in [3.63, 3.8) is 0 Å². The average Bonchev–Trinajstić information content (AvgIpc) is 3.12. The molecule has 1 aliphatic carbocycles. The van der Waals surface area contributed by atoms with Gasteiger partial charge in [-0.2, -0.15) is 0 Å². The molecular formula is C27H31NO3. The average molecular weight is 418 g/mol. The highest BCUT2D eigenvalue weighted by molar-refractivity contribution is 5.15. The molecule has 31 heavy (non-hydrogen) atoms. The van der Waals surface area contributed by atoms with E-state index in [1.54, 1.807) is 0 Å². The van der Waals surface area contributed by atoms with Gasteiger partial charge in [-0.25, -0.2) is 0 Å². The van der Waals surface area contributed by atoms with Crippen LogP contribution in [-0.2, 0) is 34.0 Å². The van der Waals surface area contributed by atoms with Crippen molar-refractivity contribution in [2.75, 3.05) is 6.61 Å². The molecule has 1 saturated carbocycles. The van der Waals surface area contributed by atoms with Gasteiger partial charge in [0.05, 0.1) is 38.6 Å². The third kappa shape index (κ3) is 6.25. The van der Waals surface area contributed by atoms with E-state index in [0.29, 0.717) is 26.4 Å². The zero-order valence-electron chi connectivity index (χ0n) is 17.8.